The summed E-state index contributed by atoms with van der Waals surface area (Å²) in [6.45, 7) is 5.83. The molecule has 98 valence electrons. The number of hydrogen-bond acceptors (Lipinski definition) is 3. The van der Waals surface area contributed by atoms with Crippen molar-refractivity contribution in [2.45, 2.75) is 20.8 Å². The SMILES string of the molecule is Cc1ccc(P(c2ccc(C)o2)c2ccc(C)o2)o1. The van der Waals surface area contributed by atoms with Crippen molar-refractivity contribution in [2.75, 3.05) is 0 Å². The normalized spacial score (nSPS) is 11.4. The Hall–Kier alpha value is -1.73. The van der Waals surface area contributed by atoms with E-state index in [-0.39, 0.29) is 0 Å². The molecule has 0 N–H and O–H groups in total. The minimum Gasteiger partial charge on any atom is -0.461 e. The Bertz CT molecular complexity index is 594. The topological polar surface area (TPSA) is 39.4 Å². The van der Waals surface area contributed by atoms with Gasteiger partial charge in [0.2, 0.25) is 0 Å². The van der Waals surface area contributed by atoms with E-state index in [0.717, 1.165) is 33.8 Å². The minimum atomic E-state index is -0.883. The average Bonchev–Trinajstić information content (AvgIpc) is 3.05. The fraction of sp³-hybridized carbons (Fsp3) is 0.200. The second-order valence-corrected chi connectivity index (χ2v) is 6.48. The molecule has 19 heavy (non-hydrogen) atoms. The molecule has 0 fully saturated rings. The fourth-order valence-electron chi connectivity index (χ4n) is 1.95. The molecule has 0 radical (unpaired) electrons. The lowest BCUT2D eigenvalue weighted by Gasteiger charge is -2.09. The molecular weight excluding hydrogens is 259 g/mol. The first kappa shape index (κ1) is 12.3. The molecule has 0 spiro atoms. The van der Waals surface area contributed by atoms with Crippen molar-refractivity contribution in [1.29, 1.82) is 0 Å². The molecule has 0 aliphatic carbocycles. The van der Waals surface area contributed by atoms with Crippen LogP contribution in [0, 0.1) is 20.8 Å². The van der Waals surface area contributed by atoms with Crippen molar-refractivity contribution in [1.82, 2.24) is 0 Å². The van der Waals surface area contributed by atoms with Gasteiger partial charge in [-0.3, -0.25) is 0 Å². The maximum Gasteiger partial charge on any atom is 0.141 e. The molecule has 3 aromatic rings. The summed E-state index contributed by atoms with van der Waals surface area (Å²) >= 11 is 0. The molecule has 3 nitrogen and oxygen atoms in total. The van der Waals surface area contributed by atoms with Crippen LogP contribution in [-0.4, -0.2) is 0 Å². The molecule has 0 atom stereocenters. The summed E-state index contributed by atoms with van der Waals surface area (Å²) in [5.41, 5.74) is 2.70. The molecule has 0 aliphatic rings. The van der Waals surface area contributed by atoms with Gasteiger partial charge in [0.15, 0.2) is 0 Å². The van der Waals surface area contributed by atoms with Crippen LogP contribution < -0.4 is 16.5 Å². The third-order valence-corrected chi connectivity index (χ3v) is 4.88. The van der Waals surface area contributed by atoms with Crippen LogP contribution in [0.1, 0.15) is 17.3 Å². The van der Waals surface area contributed by atoms with Gasteiger partial charge in [-0.2, -0.15) is 0 Å². The molecule has 0 aromatic carbocycles. The summed E-state index contributed by atoms with van der Waals surface area (Å²) in [6.07, 6.45) is 0. The number of aryl methyl sites for hydroxylation is 3. The van der Waals surface area contributed by atoms with Crippen LogP contribution in [-0.2, 0) is 0 Å². The quantitative estimate of drug-likeness (QED) is 0.689. The van der Waals surface area contributed by atoms with E-state index >= 15 is 0 Å². The first-order valence-electron chi connectivity index (χ1n) is 6.13. The summed E-state index contributed by atoms with van der Waals surface area (Å²) < 4.78 is 17.3. The van der Waals surface area contributed by atoms with Gasteiger partial charge in [0.1, 0.15) is 41.7 Å². The van der Waals surface area contributed by atoms with Gasteiger partial charge in [-0.15, -0.1) is 0 Å². The van der Waals surface area contributed by atoms with Gasteiger partial charge in [-0.05, 0) is 57.2 Å². The molecule has 0 amide bonds. The molecule has 0 bridgehead atoms. The van der Waals surface area contributed by atoms with Crippen molar-refractivity contribution in [3.05, 3.63) is 53.7 Å². The first-order valence-corrected chi connectivity index (χ1v) is 7.47. The number of rotatable bonds is 3. The van der Waals surface area contributed by atoms with Crippen molar-refractivity contribution in [2.24, 2.45) is 0 Å². The van der Waals surface area contributed by atoms with E-state index in [0.29, 0.717) is 0 Å². The fourth-order valence-corrected chi connectivity index (χ4v) is 3.98. The second-order valence-electron chi connectivity index (χ2n) is 4.49. The summed E-state index contributed by atoms with van der Waals surface area (Å²) in [5.74, 6) is 2.69. The van der Waals surface area contributed by atoms with Crippen LogP contribution in [0.5, 0.6) is 0 Å². The summed E-state index contributed by atoms with van der Waals surface area (Å²) in [7, 11) is -0.883. The predicted molar refractivity (Wildman–Crippen MR) is 76.2 cm³/mol. The van der Waals surface area contributed by atoms with E-state index in [4.69, 9.17) is 13.3 Å². The van der Waals surface area contributed by atoms with Crippen molar-refractivity contribution in [3.8, 4) is 0 Å². The van der Waals surface area contributed by atoms with Crippen molar-refractivity contribution in [3.63, 3.8) is 0 Å². The highest BCUT2D eigenvalue weighted by atomic mass is 31.1. The highest BCUT2D eigenvalue weighted by molar-refractivity contribution is 7.78. The van der Waals surface area contributed by atoms with Gasteiger partial charge < -0.3 is 13.3 Å². The molecule has 0 saturated carbocycles. The Labute approximate surface area is 113 Å². The molecule has 0 unspecified atom stereocenters. The second kappa shape index (κ2) is 4.75. The Morgan fingerprint density at radius 2 is 0.895 bits per heavy atom. The van der Waals surface area contributed by atoms with Crippen LogP contribution in [0.2, 0.25) is 0 Å². The van der Waals surface area contributed by atoms with E-state index in [9.17, 15) is 0 Å². The lowest BCUT2D eigenvalue weighted by molar-refractivity contribution is 0.550. The maximum atomic E-state index is 5.78. The van der Waals surface area contributed by atoms with Gasteiger partial charge in [-0.1, -0.05) is 0 Å². The monoisotopic (exact) mass is 274 g/mol. The van der Waals surface area contributed by atoms with E-state index in [1.54, 1.807) is 0 Å². The standard InChI is InChI=1S/C15H15O3P/c1-10-4-7-13(16-10)19(14-8-5-11(2)17-14)15-9-6-12(3)18-15/h4-9H,1-3H3. The van der Waals surface area contributed by atoms with Crippen LogP contribution in [0.4, 0.5) is 0 Å². The summed E-state index contributed by atoms with van der Waals surface area (Å²) in [4.78, 5) is 0. The van der Waals surface area contributed by atoms with Crippen LogP contribution in [0.3, 0.4) is 0 Å². The average molecular weight is 274 g/mol. The van der Waals surface area contributed by atoms with Gasteiger partial charge >= 0.3 is 0 Å². The first-order chi connectivity index (χ1) is 9.13. The molecular formula is C15H15O3P. The van der Waals surface area contributed by atoms with Gasteiger partial charge in [0.25, 0.3) is 0 Å². The zero-order chi connectivity index (χ0) is 13.4. The molecule has 3 aromatic heterocycles. The Kier molecular flexibility index (Phi) is 3.08. The minimum absolute atomic E-state index is 0.883. The highest BCUT2D eigenvalue weighted by Crippen LogP contribution is 2.34. The van der Waals surface area contributed by atoms with Gasteiger partial charge in [0, 0.05) is 0 Å². The molecule has 0 saturated heterocycles. The number of furan rings is 3. The Morgan fingerprint density at radius 1 is 0.579 bits per heavy atom. The lowest BCUT2D eigenvalue weighted by atomic mass is 10.5. The van der Waals surface area contributed by atoms with Crippen molar-refractivity contribution >= 4 is 24.4 Å². The molecule has 3 rings (SSSR count). The Balaban J connectivity index is 2.10. The van der Waals surface area contributed by atoms with Crippen molar-refractivity contribution < 1.29 is 13.3 Å². The summed E-state index contributed by atoms with van der Waals surface area (Å²) in [5, 5.41) is 0. The van der Waals surface area contributed by atoms with Crippen LogP contribution in [0.25, 0.3) is 0 Å². The van der Waals surface area contributed by atoms with E-state index in [1.807, 2.05) is 57.2 Å². The predicted octanol–water partition coefficient (Wildman–Crippen LogP) is 3.15. The van der Waals surface area contributed by atoms with E-state index < -0.39 is 7.92 Å². The van der Waals surface area contributed by atoms with Crippen LogP contribution >= 0.6 is 7.92 Å². The zero-order valence-corrected chi connectivity index (χ0v) is 12.0. The van der Waals surface area contributed by atoms with Gasteiger partial charge in [0.05, 0.1) is 0 Å². The van der Waals surface area contributed by atoms with E-state index in [2.05, 4.69) is 0 Å². The summed E-state index contributed by atoms with van der Waals surface area (Å²) in [6, 6.07) is 11.9. The molecule has 0 aliphatic heterocycles. The number of hydrogen-bond donors (Lipinski definition) is 0. The molecule has 4 heteroatoms. The lowest BCUT2D eigenvalue weighted by Crippen LogP contribution is -2.17. The highest BCUT2D eigenvalue weighted by Gasteiger charge is 2.26. The molecule has 3 heterocycles. The smallest absolute Gasteiger partial charge is 0.141 e. The Morgan fingerprint density at radius 3 is 1.11 bits per heavy atom. The maximum absolute atomic E-state index is 5.78. The largest absolute Gasteiger partial charge is 0.461 e. The zero-order valence-electron chi connectivity index (χ0n) is 11.1. The third kappa shape index (κ3) is 2.39. The van der Waals surface area contributed by atoms with E-state index in [1.165, 1.54) is 0 Å². The van der Waals surface area contributed by atoms with Crippen LogP contribution in [0.15, 0.2) is 49.6 Å². The third-order valence-electron chi connectivity index (χ3n) is 2.84. The van der Waals surface area contributed by atoms with Gasteiger partial charge in [-0.25, -0.2) is 0 Å².